The van der Waals surface area contributed by atoms with Crippen LogP contribution in [-0.4, -0.2) is 16.1 Å². The lowest BCUT2D eigenvalue weighted by Crippen LogP contribution is -2.12. The number of imidazole rings is 1. The Bertz CT molecular complexity index is 524. The Labute approximate surface area is 87.7 Å². The van der Waals surface area contributed by atoms with Gasteiger partial charge < -0.3 is 10.7 Å². The summed E-state index contributed by atoms with van der Waals surface area (Å²) in [5, 5.41) is 0. The number of hydrogen-bond donors (Lipinski definition) is 2. The van der Waals surface area contributed by atoms with E-state index in [1.807, 2.05) is 18.2 Å². The highest BCUT2D eigenvalue weighted by Crippen LogP contribution is 2.16. The zero-order chi connectivity index (χ0) is 10.8. The van der Waals surface area contributed by atoms with Crippen LogP contribution in [0.2, 0.25) is 0 Å². The van der Waals surface area contributed by atoms with Crippen LogP contribution in [0.25, 0.3) is 11.0 Å². The number of benzene rings is 1. The highest BCUT2D eigenvalue weighted by Gasteiger charge is 2.06. The number of nitrogens with zero attached hydrogens (tertiary/aromatic N) is 1. The topological polar surface area (TPSA) is 63.8 Å². The Morgan fingerprint density at radius 1 is 1.47 bits per heavy atom. The van der Waals surface area contributed by atoms with Crippen LogP contribution in [0.15, 0.2) is 23.0 Å². The number of fused-ring (bicyclic) bond motifs is 1. The van der Waals surface area contributed by atoms with E-state index >= 15 is 0 Å². The van der Waals surface area contributed by atoms with Crippen LogP contribution in [-0.2, 0) is 13.5 Å². The number of aryl methyl sites for hydroxylation is 2. The molecule has 0 saturated carbocycles. The number of para-hydroxylation sites is 1. The maximum absolute atomic E-state index is 11.4. The molecular formula is C11H15N3O. The number of nitrogens with two attached hydrogens (primary N) is 1. The van der Waals surface area contributed by atoms with Crippen LogP contribution in [0.4, 0.5) is 0 Å². The van der Waals surface area contributed by atoms with Gasteiger partial charge in [-0.15, -0.1) is 0 Å². The minimum absolute atomic E-state index is 0.0646. The Morgan fingerprint density at radius 3 is 3.00 bits per heavy atom. The van der Waals surface area contributed by atoms with Gasteiger partial charge in [0.05, 0.1) is 11.0 Å². The van der Waals surface area contributed by atoms with E-state index in [2.05, 4.69) is 4.98 Å². The maximum atomic E-state index is 11.4. The molecule has 0 unspecified atom stereocenters. The van der Waals surface area contributed by atoms with Gasteiger partial charge in [-0.1, -0.05) is 12.1 Å². The first-order valence-corrected chi connectivity index (χ1v) is 5.10. The molecule has 1 aromatic carbocycles. The lowest BCUT2D eigenvalue weighted by Gasteiger charge is -2.03. The van der Waals surface area contributed by atoms with Crippen molar-refractivity contribution in [1.29, 1.82) is 0 Å². The quantitative estimate of drug-likeness (QED) is 0.777. The summed E-state index contributed by atoms with van der Waals surface area (Å²) >= 11 is 0. The molecule has 0 atom stereocenters. The largest absolute Gasteiger partial charge is 0.330 e. The fraction of sp³-hybridized carbons (Fsp3) is 0.364. The van der Waals surface area contributed by atoms with E-state index in [0.717, 1.165) is 23.9 Å². The van der Waals surface area contributed by atoms with Crippen LogP contribution < -0.4 is 11.4 Å². The zero-order valence-electron chi connectivity index (χ0n) is 8.79. The highest BCUT2D eigenvalue weighted by atomic mass is 16.1. The summed E-state index contributed by atoms with van der Waals surface area (Å²) in [6.07, 6.45) is 1.86. The van der Waals surface area contributed by atoms with E-state index in [4.69, 9.17) is 5.73 Å². The Morgan fingerprint density at radius 2 is 2.27 bits per heavy atom. The van der Waals surface area contributed by atoms with Crippen molar-refractivity contribution in [2.75, 3.05) is 6.54 Å². The van der Waals surface area contributed by atoms with Gasteiger partial charge in [0.2, 0.25) is 0 Å². The molecule has 2 aromatic rings. The monoisotopic (exact) mass is 205 g/mol. The van der Waals surface area contributed by atoms with Crippen molar-refractivity contribution in [1.82, 2.24) is 9.55 Å². The van der Waals surface area contributed by atoms with Crippen molar-refractivity contribution in [3.8, 4) is 0 Å². The molecule has 4 nitrogen and oxygen atoms in total. The maximum Gasteiger partial charge on any atom is 0.326 e. The predicted octanol–water partition coefficient (Wildman–Crippen LogP) is 0.758. The van der Waals surface area contributed by atoms with Gasteiger partial charge >= 0.3 is 5.69 Å². The summed E-state index contributed by atoms with van der Waals surface area (Å²) in [7, 11) is 1.78. The van der Waals surface area contributed by atoms with E-state index < -0.39 is 0 Å². The van der Waals surface area contributed by atoms with Crippen molar-refractivity contribution < 1.29 is 0 Å². The summed E-state index contributed by atoms with van der Waals surface area (Å²) in [6.45, 7) is 0.675. The molecule has 0 aliphatic heterocycles. The van der Waals surface area contributed by atoms with Crippen LogP contribution in [0.3, 0.4) is 0 Å². The van der Waals surface area contributed by atoms with Gasteiger partial charge in [0.25, 0.3) is 0 Å². The van der Waals surface area contributed by atoms with Crippen LogP contribution in [0.5, 0.6) is 0 Å². The van der Waals surface area contributed by atoms with Gasteiger partial charge in [0, 0.05) is 7.05 Å². The Balaban J connectivity index is 2.58. The summed E-state index contributed by atoms with van der Waals surface area (Å²) in [6, 6.07) is 5.93. The first-order valence-electron chi connectivity index (χ1n) is 5.10. The number of H-pyrrole nitrogens is 1. The molecular weight excluding hydrogens is 190 g/mol. The van der Waals surface area contributed by atoms with Gasteiger partial charge in [0.15, 0.2) is 0 Å². The first kappa shape index (κ1) is 9.98. The molecule has 0 saturated heterocycles. The van der Waals surface area contributed by atoms with E-state index in [1.54, 1.807) is 11.6 Å². The fourth-order valence-electron chi connectivity index (χ4n) is 1.88. The Hall–Kier alpha value is -1.55. The molecule has 80 valence electrons. The average Bonchev–Trinajstić information content (AvgIpc) is 2.53. The van der Waals surface area contributed by atoms with Crippen molar-refractivity contribution in [2.45, 2.75) is 12.8 Å². The number of rotatable bonds is 3. The number of nitrogens with one attached hydrogen (secondary N) is 1. The fourth-order valence-corrected chi connectivity index (χ4v) is 1.88. The normalized spacial score (nSPS) is 11.1. The molecule has 15 heavy (non-hydrogen) atoms. The molecule has 0 spiro atoms. The van der Waals surface area contributed by atoms with Crippen molar-refractivity contribution in [3.63, 3.8) is 0 Å². The summed E-state index contributed by atoms with van der Waals surface area (Å²) in [4.78, 5) is 14.3. The number of hydrogen-bond acceptors (Lipinski definition) is 2. The summed E-state index contributed by atoms with van der Waals surface area (Å²) in [5.74, 6) is 0. The minimum atomic E-state index is -0.0646. The Kier molecular flexibility index (Phi) is 2.60. The van der Waals surface area contributed by atoms with E-state index in [-0.39, 0.29) is 5.69 Å². The van der Waals surface area contributed by atoms with Crippen molar-refractivity contribution in [3.05, 3.63) is 34.2 Å². The molecule has 0 amide bonds. The second-order valence-electron chi connectivity index (χ2n) is 3.69. The SMILES string of the molecule is Cn1c(=O)[nH]c2cccc(CCCN)c21. The molecule has 1 aromatic heterocycles. The van der Waals surface area contributed by atoms with Gasteiger partial charge in [0.1, 0.15) is 0 Å². The highest BCUT2D eigenvalue weighted by molar-refractivity contribution is 5.78. The number of aromatic amines is 1. The predicted molar refractivity (Wildman–Crippen MR) is 60.9 cm³/mol. The smallest absolute Gasteiger partial charge is 0.326 e. The summed E-state index contributed by atoms with van der Waals surface area (Å²) in [5.41, 5.74) is 8.50. The third kappa shape index (κ3) is 1.68. The molecule has 0 aliphatic carbocycles. The van der Waals surface area contributed by atoms with Gasteiger partial charge in [-0.05, 0) is 31.0 Å². The molecule has 4 heteroatoms. The minimum Gasteiger partial charge on any atom is -0.330 e. The molecule has 0 bridgehead atoms. The van der Waals surface area contributed by atoms with Crippen LogP contribution in [0, 0.1) is 0 Å². The summed E-state index contributed by atoms with van der Waals surface area (Å²) < 4.78 is 1.65. The van der Waals surface area contributed by atoms with E-state index in [9.17, 15) is 4.79 Å². The lowest BCUT2D eigenvalue weighted by atomic mass is 10.1. The average molecular weight is 205 g/mol. The van der Waals surface area contributed by atoms with E-state index in [1.165, 1.54) is 5.56 Å². The second kappa shape index (κ2) is 3.90. The third-order valence-corrected chi connectivity index (χ3v) is 2.65. The molecule has 0 aliphatic rings. The van der Waals surface area contributed by atoms with Crippen LogP contribution >= 0.6 is 0 Å². The second-order valence-corrected chi connectivity index (χ2v) is 3.69. The molecule has 0 fully saturated rings. The zero-order valence-corrected chi connectivity index (χ0v) is 8.79. The first-order chi connectivity index (χ1) is 7.24. The standard InChI is InChI=1S/C11H15N3O/c1-14-10-8(5-3-7-12)4-2-6-9(10)13-11(14)15/h2,4,6H,3,5,7,12H2,1H3,(H,13,15). The van der Waals surface area contributed by atoms with Crippen LogP contribution in [0.1, 0.15) is 12.0 Å². The van der Waals surface area contributed by atoms with Gasteiger partial charge in [-0.2, -0.15) is 0 Å². The molecule has 0 radical (unpaired) electrons. The third-order valence-electron chi connectivity index (χ3n) is 2.65. The number of aromatic nitrogens is 2. The molecule has 2 rings (SSSR count). The lowest BCUT2D eigenvalue weighted by molar-refractivity contribution is 0.824. The van der Waals surface area contributed by atoms with Crippen molar-refractivity contribution >= 4 is 11.0 Å². The van der Waals surface area contributed by atoms with Crippen molar-refractivity contribution in [2.24, 2.45) is 12.8 Å². The van der Waals surface area contributed by atoms with Gasteiger partial charge in [-0.25, -0.2) is 4.79 Å². The molecule has 1 heterocycles. The molecule has 3 N–H and O–H groups in total. The van der Waals surface area contributed by atoms with Gasteiger partial charge in [-0.3, -0.25) is 4.57 Å². The van der Waals surface area contributed by atoms with E-state index in [0.29, 0.717) is 6.54 Å².